The molecule has 1 aromatic heterocycles. The number of nitrogens with zero attached hydrogens (tertiary/aromatic N) is 2. The van der Waals surface area contributed by atoms with E-state index in [9.17, 15) is 13.2 Å². The molecule has 1 saturated carbocycles. The van der Waals surface area contributed by atoms with Gasteiger partial charge in [-0.15, -0.1) is 0 Å². The molecule has 10 nitrogen and oxygen atoms in total. The summed E-state index contributed by atoms with van der Waals surface area (Å²) >= 11 is 1.55. The lowest BCUT2D eigenvalue weighted by Crippen LogP contribution is -2.37. The Bertz CT molecular complexity index is 1130. The number of thioether (sulfide) groups is 1. The highest BCUT2D eigenvalue weighted by Gasteiger charge is 2.41. The number of sulfonamides is 1. The number of ether oxygens (including phenoxy) is 1. The first kappa shape index (κ1) is 20.5. The van der Waals surface area contributed by atoms with Gasteiger partial charge >= 0.3 is 5.69 Å². The minimum Gasteiger partial charge on any atom is -0.360 e. The number of hydrazine groups is 1. The molecule has 2 aromatic rings. The molecule has 3 fully saturated rings. The van der Waals surface area contributed by atoms with Gasteiger partial charge in [0.15, 0.2) is 5.50 Å². The van der Waals surface area contributed by atoms with E-state index >= 15 is 0 Å². The Morgan fingerprint density at radius 1 is 1.30 bits per heavy atom. The van der Waals surface area contributed by atoms with Gasteiger partial charge in [-0.1, -0.05) is 11.8 Å². The minimum absolute atomic E-state index is 0.114. The van der Waals surface area contributed by atoms with Crippen LogP contribution in [0.15, 0.2) is 27.9 Å². The van der Waals surface area contributed by atoms with Crippen LogP contribution in [0.25, 0.3) is 11.0 Å². The Balaban J connectivity index is 1.61. The largest absolute Gasteiger partial charge is 0.360 e. The van der Waals surface area contributed by atoms with Crippen molar-refractivity contribution in [1.29, 1.82) is 0 Å². The molecular weight excluding hydrogens is 428 g/mol. The fourth-order valence-corrected chi connectivity index (χ4v) is 6.31. The third-order valence-corrected chi connectivity index (χ3v) is 8.49. The van der Waals surface area contributed by atoms with Gasteiger partial charge in [0.25, 0.3) is 0 Å². The molecule has 5 rings (SSSR count). The SMILES string of the molecule is CC1NNC(n2c(=O)n(CC3NCCO3)c3ccc(S(=O)(=O)NC4(C)CC4)cc32)S1. The first-order valence-corrected chi connectivity index (χ1v) is 12.5. The second kappa shape index (κ2) is 7.33. The number of aromatic nitrogens is 2. The van der Waals surface area contributed by atoms with Crippen LogP contribution in [0.3, 0.4) is 0 Å². The Morgan fingerprint density at radius 2 is 2.10 bits per heavy atom. The van der Waals surface area contributed by atoms with Crippen molar-refractivity contribution in [3.63, 3.8) is 0 Å². The van der Waals surface area contributed by atoms with Gasteiger partial charge in [-0.25, -0.2) is 28.8 Å². The zero-order chi connectivity index (χ0) is 21.1. The number of rotatable bonds is 6. The number of imidazole rings is 1. The molecular formula is C18H26N6O4S2. The van der Waals surface area contributed by atoms with E-state index < -0.39 is 10.0 Å². The molecule has 0 spiro atoms. The molecule has 0 radical (unpaired) electrons. The lowest BCUT2D eigenvalue weighted by molar-refractivity contribution is 0.0869. The summed E-state index contributed by atoms with van der Waals surface area (Å²) in [6, 6.07) is 4.87. The molecule has 0 amide bonds. The second-order valence-corrected chi connectivity index (χ2v) is 11.4. The second-order valence-electron chi connectivity index (χ2n) is 8.31. The molecule has 3 heterocycles. The maximum Gasteiger partial charge on any atom is 0.331 e. The minimum atomic E-state index is -3.68. The van der Waals surface area contributed by atoms with Crippen LogP contribution in [0.4, 0.5) is 0 Å². The highest BCUT2D eigenvalue weighted by Crippen LogP contribution is 2.36. The smallest absolute Gasteiger partial charge is 0.331 e. The van der Waals surface area contributed by atoms with Crippen molar-refractivity contribution in [2.45, 2.75) is 60.8 Å². The molecule has 0 bridgehead atoms. The van der Waals surface area contributed by atoms with E-state index in [0.717, 1.165) is 19.4 Å². The van der Waals surface area contributed by atoms with Gasteiger partial charge in [-0.05, 0) is 44.9 Å². The standard InChI is InChI=1S/C18H26N6O4S2/c1-11-20-21-16(29-11)24-14-9-12(30(26,27)22-18(2)5-6-18)3-4-13(14)23(17(24)25)10-15-19-7-8-28-15/h3-4,9,11,15-16,19-22H,5-8,10H2,1-2H3. The zero-order valence-corrected chi connectivity index (χ0v) is 18.5. The normalized spacial score (nSPS) is 28.4. The van der Waals surface area contributed by atoms with Crippen molar-refractivity contribution >= 4 is 32.8 Å². The molecule has 1 aromatic carbocycles. The number of fused-ring (bicyclic) bond motifs is 1. The molecule has 3 unspecified atom stereocenters. The molecule has 2 aliphatic heterocycles. The summed E-state index contributed by atoms with van der Waals surface area (Å²) in [7, 11) is -3.68. The lowest BCUT2D eigenvalue weighted by Gasteiger charge is -2.14. The third-order valence-electron chi connectivity index (χ3n) is 5.74. The van der Waals surface area contributed by atoms with Crippen LogP contribution in [-0.4, -0.2) is 47.8 Å². The highest BCUT2D eigenvalue weighted by molar-refractivity contribution is 8.00. The Labute approximate surface area is 178 Å². The van der Waals surface area contributed by atoms with E-state index in [1.807, 2.05) is 13.8 Å². The maximum atomic E-state index is 13.4. The Hall–Kier alpha value is -1.41. The summed E-state index contributed by atoms with van der Waals surface area (Å²) in [5.74, 6) is 0. The van der Waals surface area contributed by atoms with Gasteiger partial charge < -0.3 is 4.74 Å². The van der Waals surface area contributed by atoms with Gasteiger partial charge in [-0.2, -0.15) is 0 Å². The average molecular weight is 455 g/mol. The van der Waals surface area contributed by atoms with Gasteiger partial charge in [0.05, 0.1) is 34.5 Å². The van der Waals surface area contributed by atoms with Crippen LogP contribution in [-0.2, 0) is 21.3 Å². The monoisotopic (exact) mass is 454 g/mol. The van der Waals surface area contributed by atoms with Crippen molar-refractivity contribution in [2.75, 3.05) is 13.2 Å². The molecule has 3 aliphatic rings. The van der Waals surface area contributed by atoms with Crippen LogP contribution in [0.1, 0.15) is 32.2 Å². The molecule has 12 heteroatoms. The highest BCUT2D eigenvalue weighted by atomic mass is 32.2. The van der Waals surface area contributed by atoms with Crippen LogP contribution >= 0.6 is 11.8 Å². The molecule has 4 N–H and O–H groups in total. The van der Waals surface area contributed by atoms with E-state index in [-0.39, 0.29) is 33.2 Å². The summed E-state index contributed by atoms with van der Waals surface area (Å²) in [6.07, 6.45) is 1.41. The van der Waals surface area contributed by atoms with Crippen LogP contribution in [0, 0.1) is 0 Å². The van der Waals surface area contributed by atoms with E-state index in [4.69, 9.17) is 4.74 Å². The fraction of sp³-hybridized carbons (Fsp3) is 0.611. The molecule has 1 aliphatic carbocycles. The number of nitrogens with one attached hydrogen (secondary N) is 4. The van der Waals surface area contributed by atoms with Gasteiger partial charge in [-0.3, -0.25) is 14.5 Å². The lowest BCUT2D eigenvalue weighted by atomic mass is 10.3. The van der Waals surface area contributed by atoms with Crippen LogP contribution in [0.5, 0.6) is 0 Å². The first-order valence-electron chi connectivity index (χ1n) is 10.1. The topological polar surface area (TPSA) is 118 Å². The quantitative estimate of drug-likeness (QED) is 0.490. The van der Waals surface area contributed by atoms with E-state index in [0.29, 0.717) is 24.2 Å². The van der Waals surface area contributed by atoms with Crippen molar-refractivity contribution in [3.05, 3.63) is 28.7 Å². The molecule has 164 valence electrons. The van der Waals surface area contributed by atoms with Crippen molar-refractivity contribution in [2.24, 2.45) is 0 Å². The summed E-state index contributed by atoms with van der Waals surface area (Å²) in [5, 5.41) is 3.34. The van der Waals surface area contributed by atoms with E-state index in [1.165, 1.54) is 0 Å². The van der Waals surface area contributed by atoms with Crippen LogP contribution in [0.2, 0.25) is 0 Å². The fourth-order valence-electron chi connectivity index (χ4n) is 3.84. The average Bonchev–Trinajstić information content (AvgIpc) is 3.08. The Morgan fingerprint density at radius 3 is 2.73 bits per heavy atom. The van der Waals surface area contributed by atoms with Gasteiger partial charge in [0.1, 0.15) is 6.23 Å². The summed E-state index contributed by atoms with van der Waals surface area (Å²) in [6.45, 7) is 5.59. The first-order chi connectivity index (χ1) is 14.3. The molecule has 2 saturated heterocycles. The van der Waals surface area contributed by atoms with E-state index in [2.05, 4.69) is 20.9 Å². The van der Waals surface area contributed by atoms with Crippen molar-refractivity contribution < 1.29 is 13.2 Å². The predicted octanol–water partition coefficient (Wildman–Crippen LogP) is 0.223. The summed E-state index contributed by atoms with van der Waals surface area (Å²) in [4.78, 5) is 13.5. The third kappa shape index (κ3) is 3.70. The van der Waals surface area contributed by atoms with Crippen molar-refractivity contribution in [3.8, 4) is 0 Å². The van der Waals surface area contributed by atoms with Gasteiger partial charge in [0, 0.05) is 12.1 Å². The molecule has 3 atom stereocenters. The Kier molecular flexibility index (Phi) is 5.01. The number of benzene rings is 1. The molecule has 30 heavy (non-hydrogen) atoms. The van der Waals surface area contributed by atoms with Gasteiger partial charge in [0.2, 0.25) is 10.0 Å². The summed E-state index contributed by atoms with van der Waals surface area (Å²) < 4.78 is 37.5. The maximum absolute atomic E-state index is 13.4. The number of hydrogen-bond donors (Lipinski definition) is 4. The van der Waals surface area contributed by atoms with E-state index in [1.54, 1.807) is 39.1 Å². The zero-order valence-electron chi connectivity index (χ0n) is 16.8. The predicted molar refractivity (Wildman–Crippen MR) is 114 cm³/mol. The van der Waals surface area contributed by atoms with Crippen LogP contribution < -0.4 is 26.6 Å². The number of hydrogen-bond acceptors (Lipinski definition) is 8. The van der Waals surface area contributed by atoms with Crippen molar-refractivity contribution in [1.82, 2.24) is 30.0 Å². The summed E-state index contributed by atoms with van der Waals surface area (Å²) in [5.41, 5.74) is 6.55.